The van der Waals surface area contributed by atoms with Crippen LogP contribution in [0.25, 0.3) is 0 Å². The first-order valence-electron chi connectivity index (χ1n) is 6.95. The molecule has 0 amide bonds. The van der Waals surface area contributed by atoms with E-state index in [-0.39, 0.29) is 18.6 Å². The zero-order valence-electron chi connectivity index (χ0n) is 11.8. The van der Waals surface area contributed by atoms with Gasteiger partial charge in [0.15, 0.2) is 0 Å². The Morgan fingerprint density at radius 2 is 2.29 bits per heavy atom. The molecule has 0 bridgehead atoms. The molecule has 0 spiro atoms. The van der Waals surface area contributed by atoms with Crippen LogP contribution in [0, 0.1) is 17.1 Å². The summed E-state index contributed by atoms with van der Waals surface area (Å²) in [6.07, 6.45) is 1.58. The van der Waals surface area contributed by atoms with Gasteiger partial charge in [-0.3, -0.25) is 9.69 Å². The van der Waals surface area contributed by atoms with Gasteiger partial charge in [-0.15, -0.1) is 0 Å². The second-order valence-electron chi connectivity index (χ2n) is 5.23. The fraction of sp³-hybridized carbons (Fsp3) is 0.467. The summed E-state index contributed by atoms with van der Waals surface area (Å²) in [5.74, 6) is -1.26. The number of anilines is 1. The predicted octanol–water partition coefficient (Wildman–Crippen LogP) is 2.05. The summed E-state index contributed by atoms with van der Waals surface area (Å²) < 4.78 is 13.8. The number of carbonyl (C=O) groups is 1. The SMILES string of the molecule is CCN(CC(=O)O)C1CC(Nc2ccc(C#N)cc2F)C1. The Kier molecular flexibility index (Phi) is 4.76. The lowest BCUT2D eigenvalue weighted by Gasteiger charge is -2.42. The van der Waals surface area contributed by atoms with E-state index < -0.39 is 11.8 Å². The average molecular weight is 291 g/mol. The van der Waals surface area contributed by atoms with Gasteiger partial charge in [-0.1, -0.05) is 6.92 Å². The monoisotopic (exact) mass is 291 g/mol. The highest BCUT2D eigenvalue weighted by Crippen LogP contribution is 2.29. The number of halogens is 1. The Bertz CT molecular complexity index is 565. The molecule has 0 aromatic heterocycles. The Labute approximate surface area is 123 Å². The summed E-state index contributed by atoms with van der Waals surface area (Å²) >= 11 is 0. The van der Waals surface area contributed by atoms with Crippen LogP contribution in [-0.2, 0) is 4.79 Å². The van der Waals surface area contributed by atoms with Crippen molar-refractivity contribution in [3.05, 3.63) is 29.6 Å². The Hall–Kier alpha value is -2.13. The molecule has 0 radical (unpaired) electrons. The predicted molar refractivity (Wildman–Crippen MR) is 76.4 cm³/mol. The van der Waals surface area contributed by atoms with Crippen molar-refractivity contribution in [2.24, 2.45) is 0 Å². The zero-order valence-corrected chi connectivity index (χ0v) is 11.8. The third kappa shape index (κ3) is 3.70. The lowest BCUT2D eigenvalue weighted by atomic mass is 9.85. The Balaban J connectivity index is 1.88. The van der Waals surface area contributed by atoms with Crippen LogP contribution in [-0.4, -0.2) is 41.1 Å². The van der Waals surface area contributed by atoms with E-state index in [1.807, 2.05) is 17.9 Å². The molecule has 0 saturated heterocycles. The minimum absolute atomic E-state index is 0.0408. The number of nitrogens with zero attached hydrogens (tertiary/aromatic N) is 2. The number of nitriles is 1. The number of hydrogen-bond acceptors (Lipinski definition) is 4. The maximum atomic E-state index is 13.8. The van der Waals surface area contributed by atoms with Gasteiger partial charge in [-0.25, -0.2) is 4.39 Å². The van der Waals surface area contributed by atoms with E-state index in [2.05, 4.69) is 5.32 Å². The topological polar surface area (TPSA) is 76.4 Å². The second-order valence-corrected chi connectivity index (χ2v) is 5.23. The molecular weight excluding hydrogens is 273 g/mol. The minimum Gasteiger partial charge on any atom is -0.480 e. The van der Waals surface area contributed by atoms with Gasteiger partial charge in [0.05, 0.1) is 23.9 Å². The van der Waals surface area contributed by atoms with E-state index in [0.717, 1.165) is 12.8 Å². The largest absolute Gasteiger partial charge is 0.480 e. The van der Waals surface area contributed by atoms with Gasteiger partial charge in [0.2, 0.25) is 0 Å². The highest BCUT2D eigenvalue weighted by Gasteiger charge is 2.34. The number of nitrogens with one attached hydrogen (secondary N) is 1. The molecule has 1 aromatic rings. The molecule has 1 saturated carbocycles. The van der Waals surface area contributed by atoms with E-state index in [0.29, 0.717) is 17.8 Å². The normalized spacial score (nSPS) is 20.7. The number of carboxylic acids is 1. The Morgan fingerprint density at radius 1 is 1.57 bits per heavy atom. The van der Waals surface area contributed by atoms with Gasteiger partial charge < -0.3 is 10.4 Å². The lowest BCUT2D eigenvalue weighted by molar-refractivity contribution is -0.139. The van der Waals surface area contributed by atoms with Crippen LogP contribution in [0.5, 0.6) is 0 Å². The molecule has 2 N–H and O–H groups in total. The molecule has 6 heteroatoms. The fourth-order valence-electron chi connectivity index (χ4n) is 2.60. The molecule has 1 aromatic carbocycles. The van der Waals surface area contributed by atoms with Crippen molar-refractivity contribution in [2.75, 3.05) is 18.4 Å². The number of hydrogen-bond donors (Lipinski definition) is 2. The molecule has 1 fully saturated rings. The first-order valence-corrected chi connectivity index (χ1v) is 6.95. The molecule has 5 nitrogen and oxygen atoms in total. The lowest BCUT2D eigenvalue weighted by Crippen LogP contribution is -2.51. The van der Waals surface area contributed by atoms with E-state index >= 15 is 0 Å². The molecule has 0 heterocycles. The third-order valence-electron chi connectivity index (χ3n) is 3.83. The van der Waals surface area contributed by atoms with Gasteiger partial charge in [-0.05, 0) is 37.6 Å². The molecule has 0 aliphatic heterocycles. The van der Waals surface area contributed by atoms with Crippen LogP contribution in [0.2, 0.25) is 0 Å². The number of benzene rings is 1. The van der Waals surface area contributed by atoms with Crippen molar-refractivity contribution in [2.45, 2.75) is 31.8 Å². The molecule has 112 valence electrons. The number of carboxylic acid groups (broad SMARTS) is 1. The number of rotatable bonds is 6. The zero-order chi connectivity index (χ0) is 15.4. The van der Waals surface area contributed by atoms with E-state index in [1.165, 1.54) is 6.07 Å². The highest BCUT2D eigenvalue weighted by atomic mass is 19.1. The molecule has 0 atom stereocenters. The van der Waals surface area contributed by atoms with E-state index in [9.17, 15) is 9.18 Å². The average Bonchev–Trinajstić information content (AvgIpc) is 2.41. The Morgan fingerprint density at radius 3 is 2.81 bits per heavy atom. The van der Waals surface area contributed by atoms with Crippen molar-refractivity contribution in [1.82, 2.24) is 4.90 Å². The number of likely N-dealkylation sites (N-methyl/N-ethyl adjacent to an activating group) is 1. The third-order valence-corrected chi connectivity index (χ3v) is 3.83. The van der Waals surface area contributed by atoms with Crippen molar-refractivity contribution in [3.63, 3.8) is 0 Å². The first kappa shape index (κ1) is 15.3. The molecular formula is C15H18FN3O2. The molecule has 1 aliphatic rings. The highest BCUT2D eigenvalue weighted by molar-refractivity contribution is 5.69. The smallest absolute Gasteiger partial charge is 0.317 e. The van der Waals surface area contributed by atoms with Gasteiger partial charge in [-0.2, -0.15) is 5.26 Å². The summed E-state index contributed by atoms with van der Waals surface area (Å²) in [6.45, 7) is 2.66. The van der Waals surface area contributed by atoms with Crippen LogP contribution in [0.1, 0.15) is 25.3 Å². The summed E-state index contributed by atoms with van der Waals surface area (Å²) in [5.41, 5.74) is 0.682. The van der Waals surface area contributed by atoms with Gasteiger partial charge >= 0.3 is 5.97 Å². The van der Waals surface area contributed by atoms with Crippen molar-refractivity contribution >= 4 is 11.7 Å². The standard InChI is InChI=1S/C15H18FN3O2/c1-2-19(9-15(20)21)12-6-11(7-12)18-14-4-3-10(8-17)5-13(14)16/h3-5,11-12,18H,2,6-7,9H2,1H3,(H,20,21). The summed E-state index contributed by atoms with van der Waals surface area (Å²) in [7, 11) is 0. The maximum Gasteiger partial charge on any atom is 0.317 e. The van der Waals surface area contributed by atoms with Crippen LogP contribution in [0.3, 0.4) is 0 Å². The molecule has 21 heavy (non-hydrogen) atoms. The first-order chi connectivity index (χ1) is 10.0. The van der Waals surface area contributed by atoms with Crippen LogP contribution in [0.15, 0.2) is 18.2 Å². The summed E-state index contributed by atoms with van der Waals surface area (Å²) in [5, 5.41) is 20.6. The number of aliphatic carboxylic acids is 1. The molecule has 2 rings (SSSR count). The van der Waals surface area contributed by atoms with Gasteiger partial charge in [0, 0.05) is 12.1 Å². The maximum absolute atomic E-state index is 13.8. The van der Waals surface area contributed by atoms with Crippen LogP contribution < -0.4 is 5.32 Å². The van der Waals surface area contributed by atoms with Crippen LogP contribution in [0.4, 0.5) is 10.1 Å². The van der Waals surface area contributed by atoms with Gasteiger partial charge in [0.1, 0.15) is 5.82 Å². The summed E-state index contributed by atoms with van der Waals surface area (Å²) in [4.78, 5) is 12.7. The van der Waals surface area contributed by atoms with E-state index in [4.69, 9.17) is 10.4 Å². The van der Waals surface area contributed by atoms with Crippen LogP contribution >= 0.6 is 0 Å². The van der Waals surface area contributed by atoms with Crippen molar-refractivity contribution in [1.29, 1.82) is 5.26 Å². The fourth-order valence-corrected chi connectivity index (χ4v) is 2.60. The van der Waals surface area contributed by atoms with Gasteiger partial charge in [0.25, 0.3) is 0 Å². The molecule has 1 aliphatic carbocycles. The van der Waals surface area contributed by atoms with Crippen molar-refractivity contribution in [3.8, 4) is 6.07 Å². The minimum atomic E-state index is -0.827. The molecule has 0 unspecified atom stereocenters. The second kappa shape index (κ2) is 6.55. The summed E-state index contributed by atoms with van der Waals surface area (Å²) in [6, 6.07) is 6.61. The quantitative estimate of drug-likeness (QED) is 0.839. The van der Waals surface area contributed by atoms with Crippen molar-refractivity contribution < 1.29 is 14.3 Å². The van der Waals surface area contributed by atoms with E-state index in [1.54, 1.807) is 12.1 Å².